The Kier molecular flexibility index (Phi) is 5.08. The first-order valence-electron chi connectivity index (χ1n) is 6.79. The van der Waals surface area contributed by atoms with Gasteiger partial charge in [-0.3, -0.25) is 9.63 Å². The third kappa shape index (κ3) is 3.47. The summed E-state index contributed by atoms with van der Waals surface area (Å²) in [6, 6.07) is 15.9. The molecule has 0 N–H and O–H groups in total. The molecule has 0 aliphatic carbocycles. The van der Waals surface area contributed by atoms with E-state index in [2.05, 4.69) is 0 Å². The fourth-order valence-corrected chi connectivity index (χ4v) is 1.92. The molecule has 21 heavy (non-hydrogen) atoms. The topological polar surface area (TPSA) is 53.3 Å². The van der Waals surface area contributed by atoms with Crippen molar-refractivity contribution in [2.24, 2.45) is 0 Å². The molecule has 0 fully saturated rings. The van der Waals surface area contributed by atoms with Gasteiger partial charge in [0.05, 0.1) is 12.3 Å². The molecule has 0 unspecified atom stereocenters. The highest BCUT2D eigenvalue weighted by Crippen LogP contribution is 2.23. The van der Waals surface area contributed by atoms with Crippen molar-refractivity contribution in [3.05, 3.63) is 65.7 Å². The number of hydrogen-bond acceptors (Lipinski definition) is 4. The molecule has 0 amide bonds. The number of hydrogen-bond donors (Lipinski definition) is 0. The lowest BCUT2D eigenvalue weighted by Gasteiger charge is -2.17. The molecule has 4 nitrogen and oxygen atoms in total. The van der Waals surface area contributed by atoms with Crippen molar-refractivity contribution in [1.82, 2.24) is 0 Å². The van der Waals surface area contributed by atoms with Gasteiger partial charge in [-0.25, -0.2) is 0 Å². The van der Waals surface area contributed by atoms with E-state index in [9.17, 15) is 10.1 Å². The Morgan fingerprint density at radius 2 is 1.81 bits per heavy atom. The van der Waals surface area contributed by atoms with Crippen LogP contribution in [0.25, 0.3) is 0 Å². The number of para-hydroxylation sites is 1. The lowest BCUT2D eigenvalue weighted by molar-refractivity contribution is 0.103. The van der Waals surface area contributed by atoms with Crippen LogP contribution in [-0.2, 0) is 4.84 Å². The van der Waals surface area contributed by atoms with Crippen molar-refractivity contribution < 1.29 is 9.63 Å². The zero-order chi connectivity index (χ0) is 15.1. The average molecular weight is 280 g/mol. The maximum Gasteiger partial charge on any atom is 0.210 e. The summed E-state index contributed by atoms with van der Waals surface area (Å²) in [7, 11) is 0. The average Bonchev–Trinajstić information content (AvgIpc) is 2.56. The molecule has 0 bridgehead atoms. The third-order valence-corrected chi connectivity index (χ3v) is 2.92. The van der Waals surface area contributed by atoms with Crippen molar-refractivity contribution in [1.29, 1.82) is 5.26 Å². The van der Waals surface area contributed by atoms with E-state index in [1.807, 2.05) is 31.3 Å². The molecular weight excluding hydrogens is 264 g/mol. The molecule has 2 rings (SSSR count). The van der Waals surface area contributed by atoms with Crippen LogP contribution in [0.3, 0.4) is 0 Å². The highest BCUT2D eigenvalue weighted by atomic mass is 16.7. The smallest absolute Gasteiger partial charge is 0.210 e. The molecule has 106 valence electrons. The van der Waals surface area contributed by atoms with E-state index >= 15 is 0 Å². The summed E-state index contributed by atoms with van der Waals surface area (Å²) in [6.07, 6.45) is 2.74. The fraction of sp³-hybridized carbons (Fsp3) is 0.176. The number of carbonyl (C=O) groups is 1. The Balaban J connectivity index is 2.37. The predicted octanol–water partition coefficient (Wildman–Crippen LogP) is 3.55. The first kappa shape index (κ1) is 14.8. The van der Waals surface area contributed by atoms with Gasteiger partial charge in [0.25, 0.3) is 0 Å². The summed E-state index contributed by atoms with van der Waals surface area (Å²) in [5, 5.41) is 10.3. The Morgan fingerprint density at radius 3 is 2.48 bits per heavy atom. The molecule has 0 spiro atoms. The van der Waals surface area contributed by atoms with E-state index < -0.39 is 0 Å². The SMILES string of the molecule is CCCON(C#N)c1ccccc1C(=O)c1ccccc1. The van der Waals surface area contributed by atoms with Crippen LogP contribution in [0.5, 0.6) is 0 Å². The van der Waals surface area contributed by atoms with Crippen molar-refractivity contribution in [2.75, 3.05) is 11.7 Å². The minimum absolute atomic E-state index is 0.133. The largest absolute Gasteiger partial charge is 0.289 e. The molecule has 0 heterocycles. The van der Waals surface area contributed by atoms with Crippen LogP contribution in [0.1, 0.15) is 29.3 Å². The first-order chi connectivity index (χ1) is 10.3. The molecule has 0 atom stereocenters. The Labute approximate surface area is 124 Å². The lowest BCUT2D eigenvalue weighted by atomic mass is 10.0. The molecule has 2 aromatic carbocycles. The van der Waals surface area contributed by atoms with Crippen LogP contribution in [0.15, 0.2) is 54.6 Å². The summed E-state index contributed by atoms with van der Waals surface area (Å²) in [4.78, 5) is 17.9. The number of rotatable bonds is 6. The molecule has 0 aliphatic rings. The molecule has 0 aromatic heterocycles. The monoisotopic (exact) mass is 280 g/mol. The molecule has 4 heteroatoms. The van der Waals surface area contributed by atoms with Crippen molar-refractivity contribution in [3.63, 3.8) is 0 Å². The minimum atomic E-state index is -0.133. The van der Waals surface area contributed by atoms with Crippen LogP contribution in [-0.4, -0.2) is 12.4 Å². The zero-order valence-electron chi connectivity index (χ0n) is 11.8. The van der Waals surface area contributed by atoms with Crippen LogP contribution in [0.4, 0.5) is 5.69 Å². The number of benzene rings is 2. The normalized spacial score (nSPS) is 9.90. The number of ketones is 1. The van der Waals surface area contributed by atoms with E-state index in [1.54, 1.807) is 36.4 Å². The molecule has 0 saturated carbocycles. The predicted molar refractivity (Wildman–Crippen MR) is 80.7 cm³/mol. The second-order valence-electron chi connectivity index (χ2n) is 4.44. The van der Waals surface area contributed by atoms with Crippen LogP contribution < -0.4 is 5.06 Å². The number of nitriles is 1. The molecule has 2 aromatic rings. The maximum absolute atomic E-state index is 12.6. The van der Waals surface area contributed by atoms with E-state index in [1.165, 1.54) is 0 Å². The van der Waals surface area contributed by atoms with Gasteiger partial charge in [0.2, 0.25) is 6.19 Å². The van der Waals surface area contributed by atoms with Gasteiger partial charge in [0.15, 0.2) is 5.78 Å². The van der Waals surface area contributed by atoms with Gasteiger partial charge in [-0.15, -0.1) is 0 Å². The van der Waals surface area contributed by atoms with Crippen LogP contribution in [0.2, 0.25) is 0 Å². The van der Waals surface area contributed by atoms with E-state index in [-0.39, 0.29) is 5.78 Å². The summed E-state index contributed by atoms with van der Waals surface area (Å²) >= 11 is 0. The number of carbonyl (C=O) groups excluding carboxylic acids is 1. The highest BCUT2D eigenvalue weighted by molar-refractivity contribution is 6.12. The number of hydroxylamine groups is 1. The second kappa shape index (κ2) is 7.22. The summed E-state index contributed by atoms with van der Waals surface area (Å²) in [6.45, 7) is 2.37. The molecule has 0 radical (unpaired) electrons. The Morgan fingerprint density at radius 1 is 1.14 bits per heavy atom. The van der Waals surface area contributed by atoms with Gasteiger partial charge >= 0.3 is 0 Å². The lowest BCUT2D eigenvalue weighted by Crippen LogP contribution is -2.20. The van der Waals surface area contributed by atoms with Crippen LogP contribution >= 0.6 is 0 Å². The first-order valence-corrected chi connectivity index (χ1v) is 6.79. The summed E-state index contributed by atoms with van der Waals surface area (Å²) < 4.78 is 0. The van der Waals surface area contributed by atoms with Gasteiger partial charge in [-0.05, 0) is 18.6 Å². The van der Waals surface area contributed by atoms with Gasteiger partial charge in [-0.2, -0.15) is 10.3 Å². The molecular formula is C17H16N2O2. The molecule has 0 saturated heterocycles. The number of anilines is 1. The fourth-order valence-electron chi connectivity index (χ4n) is 1.92. The minimum Gasteiger partial charge on any atom is -0.289 e. The molecule has 0 aliphatic heterocycles. The van der Waals surface area contributed by atoms with Gasteiger partial charge < -0.3 is 0 Å². The van der Waals surface area contributed by atoms with Gasteiger partial charge in [0.1, 0.15) is 0 Å². The van der Waals surface area contributed by atoms with Gasteiger partial charge in [-0.1, -0.05) is 49.4 Å². The van der Waals surface area contributed by atoms with Crippen molar-refractivity contribution >= 4 is 11.5 Å². The van der Waals surface area contributed by atoms with Crippen LogP contribution in [0, 0.1) is 11.5 Å². The summed E-state index contributed by atoms with van der Waals surface area (Å²) in [5.74, 6) is -0.133. The van der Waals surface area contributed by atoms with E-state index in [0.717, 1.165) is 11.5 Å². The number of nitrogens with zero attached hydrogens (tertiary/aromatic N) is 2. The standard InChI is InChI=1S/C17H16N2O2/c1-2-12-21-19(13-18)16-11-7-6-10-15(16)17(20)14-8-4-3-5-9-14/h3-11H,2,12H2,1H3. The van der Waals surface area contributed by atoms with E-state index in [4.69, 9.17) is 4.84 Å². The van der Waals surface area contributed by atoms with Crippen molar-refractivity contribution in [3.8, 4) is 6.19 Å². The van der Waals surface area contributed by atoms with Gasteiger partial charge in [0, 0.05) is 11.1 Å². The maximum atomic E-state index is 12.6. The highest BCUT2D eigenvalue weighted by Gasteiger charge is 2.18. The van der Waals surface area contributed by atoms with E-state index in [0.29, 0.717) is 23.4 Å². The Hall–Kier alpha value is -2.64. The van der Waals surface area contributed by atoms with Crippen molar-refractivity contribution in [2.45, 2.75) is 13.3 Å². The Bertz CT molecular complexity index is 647. The quantitative estimate of drug-likeness (QED) is 0.351. The summed E-state index contributed by atoms with van der Waals surface area (Å²) in [5.41, 5.74) is 1.49. The zero-order valence-corrected chi connectivity index (χ0v) is 11.8. The third-order valence-electron chi connectivity index (χ3n) is 2.92. The second-order valence-corrected chi connectivity index (χ2v) is 4.44.